The third-order valence-electron chi connectivity index (χ3n) is 5.01. The Morgan fingerprint density at radius 3 is 2.17 bits per heavy atom. The zero-order valence-corrected chi connectivity index (χ0v) is 12.0. The summed E-state index contributed by atoms with van der Waals surface area (Å²) in [6.45, 7) is 12.8. The average molecular weight is 256 g/mol. The third kappa shape index (κ3) is 3.14. The normalized spacial score (nSPS) is 36.3. The number of likely N-dealkylation sites (N-methyl/N-ethyl adjacent to an activating group) is 1. The number of nitrogens with two attached hydrogens (primary N) is 2. The minimum atomic E-state index is 0.346. The lowest BCUT2D eigenvalue weighted by molar-refractivity contribution is -1.07. The summed E-state index contributed by atoms with van der Waals surface area (Å²) in [5.74, 6) is 1.09. The highest BCUT2D eigenvalue weighted by Gasteiger charge is 2.46. The van der Waals surface area contributed by atoms with Crippen molar-refractivity contribution in [3.8, 4) is 0 Å². The quantitative estimate of drug-likeness (QED) is 0.293. The van der Waals surface area contributed by atoms with E-state index in [0.29, 0.717) is 5.96 Å². The van der Waals surface area contributed by atoms with E-state index in [4.69, 9.17) is 11.5 Å². The number of hydrogen-bond donors (Lipinski definition) is 3. The molecule has 0 radical (unpaired) electrons. The summed E-state index contributed by atoms with van der Waals surface area (Å²) in [5, 5.41) is 0. The van der Waals surface area contributed by atoms with Crippen molar-refractivity contribution in [1.82, 2.24) is 0 Å². The number of hydrogen-bond acceptors (Lipinski definition) is 0. The molecule has 3 aliphatic rings. The van der Waals surface area contributed by atoms with Gasteiger partial charge in [-0.05, 0) is 6.42 Å². The Morgan fingerprint density at radius 1 is 1.11 bits per heavy atom. The maximum absolute atomic E-state index is 5.41. The van der Waals surface area contributed by atoms with Gasteiger partial charge in [0.15, 0.2) is 0 Å². The van der Waals surface area contributed by atoms with Gasteiger partial charge in [0, 0.05) is 5.92 Å². The van der Waals surface area contributed by atoms with Gasteiger partial charge in [-0.25, -0.2) is 0 Å². The van der Waals surface area contributed by atoms with E-state index in [0.717, 1.165) is 18.9 Å². The zero-order chi connectivity index (χ0) is 13.2. The molecule has 0 aromatic rings. The fraction of sp³-hybridized carbons (Fsp3) is 0.923. The minimum Gasteiger partial charge on any atom is -0.312 e. The predicted molar refractivity (Wildman–Crippen MR) is 73.5 cm³/mol. The standard InChI is InChI=1S/C13H29N5/c1-12(3-4-16-13(14)15)11-18-8-5-17(2,6-9-18)7-10-18/h12H,3-11H2,1-2H3,(H4,14,15,16)/q+2/p+1/t12-,17?,18?/m1/s1. The van der Waals surface area contributed by atoms with Crippen molar-refractivity contribution in [1.29, 1.82) is 0 Å². The SMILES string of the molecule is C[C@H](CC[NH+]=C(N)N)C[N+]12CC[N+](C)(CC1)CC2. The molecule has 0 aromatic carbocycles. The topological polar surface area (TPSA) is 66.0 Å². The first-order valence-electron chi connectivity index (χ1n) is 7.24. The number of nitrogens with one attached hydrogen (secondary N) is 1. The monoisotopic (exact) mass is 256 g/mol. The first-order chi connectivity index (χ1) is 8.43. The van der Waals surface area contributed by atoms with Crippen LogP contribution < -0.4 is 16.5 Å². The van der Waals surface area contributed by atoms with Gasteiger partial charge in [-0.3, -0.25) is 16.5 Å². The lowest BCUT2D eigenvalue weighted by Gasteiger charge is -2.54. The van der Waals surface area contributed by atoms with Crippen LogP contribution in [0, 0.1) is 5.92 Å². The molecule has 0 unspecified atom stereocenters. The van der Waals surface area contributed by atoms with Crippen LogP contribution in [-0.2, 0) is 0 Å². The Hall–Kier alpha value is -0.810. The number of quaternary nitrogens is 2. The van der Waals surface area contributed by atoms with Crippen LogP contribution in [0.2, 0.25) is 0 Å². The van der Waals surface area contributed by atoms with Gasteiger partial charge in [0.25, 0.3) is 0 Å². The molecule has 18 heavy (non-hydrogen) atoms. The Kier molecular flexibility index (Phi) is 3.82. The molecule has 3 heterocycles. The molecule has 0 saturated carbocycles. The average Bonchev–Trinajstić information content (AvgIpc) is 2.31. The van der Waals surface area contributed by atoms with Crippen molar-refractivity contribution in [2.24, 2.45) is 17.4 Å². The first-order valence-corrected chi connectivity index (χ1v) is 7.24. The number of guanidine groups is 1. The van der Waals surface area contributed by atoms with E-state index in [1.807, 2.05) is 0 Å². The Bertz CT molecular complexity index is 297. The molecule has 1 atom stereocenters. The van der Waals surface area contributed by atoms with Gasteiger partial charge >= 0.3 is 5.96 Å². The summed E-state index contributed by atoms with van der Waals surface area (Å²) in [6, 6.07) is 0. The van der Waals surface area contributed by atoms with Crippen LogP contribution >= 0.6 is 0 Å². The molecule has 3 aliphatic heterocycles. The molecule has 0 aromatic heterocycles. The highest BCUT2D eigenvalue weighted by molar-refractivity contribution is 5.69. The van der Waals surface area contributed by atoms with Crippen LogP contribution in [0.5, 0.6) is 0 Å². The fourth-order valence-electron chi connectivity index (χ4n) is 3.52. The smallest absolute Gasteiger partial charge is 0.312 e. The summed E-state index contributed by atoms with van der Waals surface area (Å²) in [6.07, 6.45) is 1.16. The molecule has 104 valence electrons. The highest BCUT2D eigenvalue weighted by atomic mass is 15.5. The molecule has 5 heteroatoms. The Morgan fingerprint density at radius 2 is 1.67 bits per heavy atom. The van der Waals surface area contributed by atoms with Crippen LogP contribution in [-0.4, -0.2) is 74.3 Å². The third-order valence-corrected chi connectivity index (χ3v) is 5.01. The fourth-order valence-corrected chi connectivity index (χ4v) is 3.52. The molecule has 5 N–H and O–H groups in total. The van der Waals surface area contributed by atoms with E-state index in [1.165, 1.54) is 54.8 Å². The number of rotatable bonds is 5. The van der Waals surface area contributed by atoms with Crippen molar-refractivity contribution >= 4 is 5.96 Å². The van der Waals surface area contributed by atoms with E-state index in [9.17, 15) is 0 Å². The van der Waals surface area contributed by atoms with Crippen LogP contribution in [0.3, 0.4) is 0 Å². The van der Waals surface area contributed by atoms with Crippen molar-refractivity contribution in [3.05, 3.63) is 0 Å². The van der Waals surface area contributed by atoms with Gasteiger partial charge in [-0.2, -0.15) is 0 Å². The van der Waals surface area contributed by atoms with Gasteiger partial charge < -0.3 is 8.97 Å². The molecule has 2 bridgehead atoms. The van der Waals surface area contributed by atoms with Gasteiger partial charge in [0.1, 0.15) is 39.3 Å². The second kappa shape index (κ2) is 5.05. The van der Waals surface area contributed by atoms with Crippen LogP contribution in [0.25, 0.3) is 0 Å². The largest absolute Gasteiger partial charge is 0.338 e. The van der Waals surface area contributed by atoms with Gasteiger partial charge in [-0.15, -0.1) is 0 Å². The molecule has 0 spiro atoms. The lowest BCUT2D eigenvalue weighted by atomic mass is 10.0. The van der Waals surface area contributed by atoms with Crippen molar-refractivity contribution < 1.29 is 14.0 Å². The first kappa shape index (κ1) is 13.6. The summed E-state index contributed by atoms with van der Waals surface area (Å²) >= 11 is 0. The molecule has 3 rings (SSSR count). The predicted octanol–water partition coefficient (Wildman–Crippen LogP) is -2.34. The van der Waals surface area contributed by atoms with Crippen LogP contribution in [0.15, 0.2) is 0 Å². The molecule has 3 fully saturated rings. The molecular formula is C13H30N5+3. The summed E-state index contributed by atoms with van der Waals surface area (Å²) < 4.78 is 2.67. The zero-order valence-electron chi connectivity index (χ0n) is 12.0. The second-order valence-corrected chi connectivity index (χ2v) is 6.76. The number of nitrogens with zero attached hydrogens (tertiary/aromatic N) is 2. The van der Waals surface area contributed by atoms with Crippen LogP contribution in [0.1, 0.15) is 13.3 Å². The van der Waals surface area contributed by atoms with E-state index in [2.05, 4.69) is 19.0 Å². The second-order valence-electron chi connectivity index (χ2n) is 6.76. The van der Waals surface area contributed by atoms with E-state index in [-0.39, 0.29) is 0 Å². The molecule has 0 amide bonds. The van der Waals surface area contributed by atoms with E-state index in [1.54, 1.807) is 0 Å². The maximum atomic E-state index is 5.41. The van der Waals surface area contributed by atoms with Crippen molar-refractivity contribution in [2.75, 3.05) is 59.4 Å². The number of fused-ring (bicyclic) bond motifs is 3. The summed E-state index contributed by atoms with van der Waals surface area (Å²) in [4.78, 5) is 3.02. The molecule has 3 saturated heterocycles. The van der Waals surface area contributed by atoms with E-state index >= 15 is 0 Å². The minimum absolute atomic E-state index is 0.346. The molecule has 0 aliphatic carbocycles. The summed E-state index contributed by atoms with van der Waals surface area (Å²) in [7, 11) is 2.42. The van der Waals surface area contributed by atoms with E-state index < -0.39 is 0 Å². The van der Waals surface area contributed by atoms with Gasteiger partial charge in [-0.1, -0.05) is 6.92 Å². The Balaban J connectivity index is 1.80. The van der Waals surface area contributed by atoms with Crippen molar-refractivity contribution in [3.63, 3.8) is 0 Å². The van der Waals surface area contributed by atoms with Gasteiger partial charge in [0.05, 0.1) is 20.1 Å². The van der Waals surface area contributed by atoms with Crippen molar-refractivity contribution in [2.45, 2.75) is 13.3 Å². The Labute approximate surface area is 111 Å². The van der Waals surface area contributed by atoms with Crippen LogP contribution in [0.4, 0.5) is 0 Å². The molecule has 5 nitrogen and oxygen atoms in total. The summed E-state index contributed by atoms with van der Waals surface area (Å²) in [5.41, 5.74) is 10.8. The van der Waals surface area contributed by atoms with Gasteiger partial charge in [0.2, 0.25) is 0 Å². The number of piperazine rings is 3. The lowest BCUT2D eigenvalue weighted by Crippen LogP contribution is -2.78. The highest BCUT2D eigenvalue weighted by Crippen LogP contribution is 2.26. The molecular weight excluding hydrogens is 226 g/mol. The maximum Gasteiger partial charge on any atom is 0.338 e.